The van der Waals surface area contributed by atoms with Gasteiger partial charge in [0.15, 0.2) is 18.2 Å². The van der Waals surface area contributed by atoms with E-state index in [0.29, 0.717) is 29.1 Å². The Labute approximate surface area is 149 Å². The molecule has 0 radical (unpaired) electrons. The van der Waals surface area contributed by atoms with Crippen LogP contribution in [0.15, 0.2) is 54.6 Å². The predicted octanol–water partition coefficient (Wildman–Crippen LogP) is 4.25. The van der Waals surface area contributed by atoms with E-state index < -0.39 is 5.82 Å². The molecule has 1 heterocycles. The van der Waals surface area contributed by atoms with Gasteiger partial charge in [-0.2, -0.15) is 4.98 Å². The van der Waals surface area contributed by atoms with E-state index in [4.69, 9.17) is 4.74 Å². The Morgan fingerprint density at radius 1 is 1.00 bits per heavy atom. The molecule has 0 saturated heterocycles. The predicted molar refractivity (Wildman–Crippen MR) is 93.0 cm³/mol. The summed E-state index contributed by atoms with van der Waals surface area (Å²) in [6, 6.07) is 12.8. The largest absolute Gasteiger partial charge is 0.469 e. The molecule has 3 aromatic rings. The fraction of sp³-hybridized carbons (Fsp3) is 0.150. The average Bonchev–Trinajstić information content (AvgIpc) is 2.66. The molecule has 4 nitrogen and oxygen atoms in total. The molecule has 0 unspecified atom stereocenters. The SMILES string of the molecule is CCc1cc(OCC(=O)c2ccc(F)cc2)nc(-c2cccc(F)c2)n1. The summed E-state index contributed by atoms with van der Waals surface area (Å²) in [7, 11) is 0. The van der Waals surface area contributed by atoms with Gasteiger partial charge in [0.05, 0.1) is 0 Å². The van der Waals surface area contributed by atoms with Crippen molar-refractivity contribution in [2.75, 3.05) is 6.61 Å². The van der Waals surface area contributed by atoms with Crippen LogP contribution in [-0.2, 0) is 6.42 Å². The van der Waals surface area contributed by atoms with E-state index in [9.17, 15) is 13.6 Å². The standard InChI is InChI=1S/C20H16F2N2O2/c1-2-17-11-19(24-20(23-17)14-4-3-5-16(22)10-14)26-12-18(25)13-6-8-15(21)9-7-13/h3-11H,2,12H2,1H3. The van der Waals surface area contributed by atoms with Crippen molar-refractivity contribution in [1.29, 1.82) is 0 Å². The second kappa shape index (κ2) is 7.82. The lowest BCUT2D eigenvalue weighted by Crippen LogP contribution is -2.13. The quantitative estimate of drug-likeness (QED) is 0.621. The second-order valence-corrected chi connectivity index (χ2v) is 5.60. The highest BCUT2D eigenvalue weighted by Gasteiger charge is 2.11. The monoisotopic (exact) mass is 354 g/mol. The smallest absolute Gasteiger partial charge is 0.217 e. The molecule has 2 aromatic carbocycles. The minimum Gasteiger partial charge on any atom is -0.469 e. The average molecular weight is 354 g/mol. The summed E-state index contributed by atoms with van der Waals surface area (Å²) in [5, 5.41) is 0. The van der Waals surface area contributed by atoms with Crippen molar-refractivity contribution < 1.29 is 18.3 Å². The van der Waals surface area contributed by atoms with Crippen LogP contribution in [0.2, 0.25) is 0 Å². The number of aromatic nitrogens is 2. The maximum absolute atomic E-state index is 13.4. The molecule has 0 spiro atoms. The Kier molecular flexibility index (Phi) is 5.31. The van der Waals surface area contributed by atoms with Crippen molar-refractivity contribution >= 4 is 5.78 Å². The molecule has 3 rings (SSSR count). The number of carbonyl (C=O) groups is 1. The molecule has 0 aliphatic carbocycles. The summed E-state index contributed by atoms with van der Waals surface area (Å²) in [6.07, 6.45) is 0.632. The number of hydrogen-bond acceptors (Lipinski definition) is 4. The van der Waals surface area contributed by atoms with E-state index in [1.165, 1.54) is 36.4 Å². The summed E-state index contributed by atoms with van der Waals surface area (Å²) in [6.45, 7) is 1.68. The van der Waals surface area contributed by atoms with Gasteiger partial charge in [-0.15, -0.1) is 0 Å². The van der Waals surface area contributed by atoms with Crippen LogP contribution in [0, 0.1) is 11.6 Å². The van der Waals surface area contributed by atoms with E-state index >= 15 is 0 Å². The summed E-state index contributed by atoms with van der Waals surface area (Å²) in [5.41, 5.74) is 1.58. The van der Waals surface area contributed by atoms with Gasteiger partial charge < -0.3 is 4.74 Å². The van der Waals surface area contributed by atoms with Crippen molar-refractivity contribution in [3.63, 3.8) is 0 Å². The van der Waals surface area contributed by atoms with Gasteiger partial charge in [-0.25, -0.2) is 13.8 Å². The molecule has 0 aliphatic rings. The Balaban J connectivity index is 1.80. The van der Waals surface area contributed by atoms with Crippen LogP contribution in [0.1, 0.15) is 23.0 Å². The van der Waals surface area contributed by atoms with Crippen molar-refractivity contribution in [3.05, 3.63) is 77.5 Å². The highest BCUT2D eigenvalue weighted by Crippen LogP contribution is 2.20. The second-order valence-electron chi connectivity index (χ2n) is 5.60. The van der Waals surface area contributed by atoms with Crippen molar-refractivity contribution in [2.45, 2.75) is 13.3 Å². The van der Waals surface area contributed by atoms with Crippen molar-refractivity contribution in [2.24, 2.45) is 0 Å². The molecule has 0 bridgehead atoms. The summed E-state index contributed by atoms with van der Waals surface area (Å²) < 4.78 is 31.9. The molecule has 0 N–H and O–H groups in total. The molecular weight excluding hydrogens is 338 g/mol. The lowest BCUT2D eigenvalue weighted by Gasteiger charge is -2.09. The summed E-state index contributed by atoms with van der Waals surface area (Å²) in [4.78, 5) is 20.8. The Bertz CT molecular complexity index is 927. The van der Waals surface area contributed by atoms with Crippen molar-refractivity contribution in [1.82, 2.24) is 9.97 Å². The third-order valence-electron chi connectivity index (χ3n) is 3.72. The summed E-state index contributed by atoms with van der Waals surface area (Å²) >= 11 is 0. The van der Waals surface area contributed by atoms with E-state index in [-0.39, 0.29) is 24.1 Å². The number of benzene rings is 2. The highest BCUT2D eigenvalue weighted by atomic mass is 19.1. The van der Waals surface area contributed by atoms with Crippen LogP contribution in [0.5, 0.6) is 5.88 Å². The number of ketones is 1. The number of carbonyl (C=O) groups excluding carboxylic acids is 1. The van der Waals surface area contributed by atoms with Gasteiger partial charge in [-0.05, 0) is 42.8 Å². The van der Waals surface area contributed by atoms with Gasteiger partial charge in [0.25, 0.3) is 0 Å². The van der Waals surface area contributed by atoms with Crippen LogP contribution in [-0.4, -0.2) is 22.4 Å². The first-order valence-electron chi connectivity index (χ1n) is 8.10. The zero-order valence-corrected chi connectivity index (χ0v) is 14.1. The van der Waals surface area contributed by atoms with Gasteiger partial charge in [0, 0.05) is 22.9 Å². The van der Waals surface area contributed by atoms with E-state index in [1.54, 1.807) is 18.2 Å². The number of halogens is 2. The van der Waals surface area contributed by atoms with Crippen LogP contribution < -0.4 is 4.74 Å². The number of aryl methyl sites for hydroxylation is 1. The number of rotatable bonds is 6. The minimum absolute atomic E-state index is 0.228. The molecule has 1 aromatic heterocycles. The maximum Gasteiger partial charge on any atom is 0.217 e. The molecule has 0 atom stereocenters. The number of nitrogens with zero attached hydrogens (tertiary/aromatic N) is 2. The first-order valence-corrected chi connectivity index (χ1v) is 8.10. The first kappa shape index (κ1) is 17.7. The van der Waals surface area contributed by atoms with Crippen LogP contribution in [0.4, 0.5) is 8.78 Å². The van der Waals surface area contributed by atoms with Gasteiger partial charge in [0.2, 0.25) is 5.88 Å². The van der Waals surface area contributed by atoms with E-state index in [1.807, 2.05) is 6.92 Å². The van der Waals surface area contributed by atoms with Gasteiger partial charge in [-0.3, -0.25) is 4.79 Å². The lowest BCUT2D eigenvalue weighted by atomic mass is 10.1. The Morgan fingerprint density at radius 2 is 1.77 bits per heavy atom. The molecule has 6 heteroatoms. The molecule has 0 amide bonds. The molecule has 132 valence electrons. The van der Waals surface area contributed by atoms with Gasteiger partial charge in [-0.1, -0.05) is 19.1 Å². The third kappa shape index (κ3) is 4.27. The number of Topliss-reactive ketones (excluding diaryl/α,β-unsaturated/α-hetero) is 1. The van der Waals surface area contributed by atoms with Crippen LogP contribution in [0.25, 0.3) is 11.4 Å². The molecule has 0 aliphatic heterocycles. The normalized spacial score (nSPS) is 10.6. The summed E-state index contributed by atoms with van der Waals surface area (Å²) in [5.74, 6) is -0.541. The van der Waals surface area contributed by atoms with E-state index in [0.717, 1.165) is 0 Å². The third-order valence-corrected chi connectivity index (χ3v) is 3.72. The maximum atomic E-state index is 13.4. The fourth-order valence-electron chi connectivity index (χ4n) is 2.34. The van der Waals surface area contributed by atoms with E-state index in [2.05, 4.69) is 9.97 Å². The van der Waals surface area contributed by atoms with Crippen molar-refractivity contribution in [3.8, 4) is 17.3 Å². The minimum atomic E-state index is -0.411. The van der Waals surface area contributed by atoms with Crippen LogP contribution in [0.3, 0.4) is 0 Å². The van der Waals surface area contributed by atoms with Crippen LogP contribution >= 0.6 is 0 Å². The Morgan fingerprint density at radius 3 is 2.46 bits per heavy atom. The zero-order chi connectivity index (χ0) is 18.5. The van der Waals surface area contributed by atoms with Gasteiger partial charge >= 0.3 is 0 Å². The lowest BCUT2D eigenvalue weighted by molar-refractivity contribution is 0.0918. The fourth-order valence-corrected chi connectivity index (χ4v) is 2.34. The molecule has 0 saturated carbocycles. The molecular formula is C20H16F2N2O2. The Hall–Kier alpha value is -3.15. The number of hydrogen-bond donors (Lipinski definition) is 0. The first-order chi connectivity index (χ1) is 12.5. The zero-order valence-electron chi connectivity index (χ0n) is 14.1. The number of ether oxygens (including phenoxy) is 1. The molecule has 0 fully saturated rings. The van der Waals surface area contributed by atoms with Gasteiger partial charge in [0.1, 0.15) is 11.6 Å². The molecule has 26 heavy (non-hydrogen) atoms. The topological polar surface area (TPSA) is 52.1 Å². The highest BCUT2D eigenvalue weighted by molar-refractivity contribution is 5.97.